The highest BCUT2D eigenvalue weighted by Gasteiger charge is 2.08. The smallest absolute Gasteiger partial charge is 0.0431 e. The molecule has 0 radical (unpaired) electrons. The van der Waals surface area contributed by atoms with Gasteiger partial charge in [-0.2, -0.15) is 0 Å². The molecule has 0 unspecified atom stereocenters. The fraction of sp³-hybridized carbons (Fsp3) is 1.00. The third-order valence-corrected chi connectivity index (χ3v) is 3.83. The van der Waals surface area contributed by atoms with Crippen molar-refractivity contribution >= 4 is 0 Å². The molecule has 1 N–H and O–H groups in total. The van der Waals surface area contributed by atoms with E-state index in [9.17, 15) is 0 Å². The summed E-state index contributed by atoms with van der Waals surface area (Å²) in [5.41, 5.74) is 0.524. The first-order valence-electron chi connectivity index (χ1n) is 8.67. The predicted octanol–water partition coefficient (Wildman–Crippen LogP) is 6.10. The second kappa shape index (κ2) is 13.0. The summed E-state index contributed by atoms with van der Waals surface area (Å²) in [7, 11) is 0. The summed E-state index contributed by atoms with van der Waals surface area (Å²) in [6, 6.07) is 0. The van der Waals surface area contributed by atoms with Crippen LogP contribution in [0.4, 0.5) is 0 Å². The van der Waals surface area contributed by atoms with E-state index in [2.05, 4.69) is 20.8 Å². The summed E-state index contributed by atoms with van der Waals surface area (Å²) >= 11 is 0. The van der Waals surface area contributed by atoms with E-state index in [1.807, 2.05) is 0 Å². The number of unbranched alkanes of at least 4 members (excludes halogenated alkanes) is 11. The van der Waals surface area contributed by atoms with Crippen molar-refractivity contribution in [3.05, 3.63) is 0 Å². The third-order valence-electron chi connectivity index (χ3n) is 3.83. The second-order valence-corrected chi connectivity index (χ2v) is 7.28. The fourth-order valence-electron chi connectivity index (χ4n) is 2.53. The lowest BCUT2D eigenvalue weighted by atomic mass is 9.89. The number of hydrogen-bond acceptors (Lipinski definition) is 1. The minimum absolute atomic E-state index is 0.370. The molecule has 0 aromatic heterocycles. The van der Waals surface area contributed by atoms with Crippen molar-refractivity contribution in [1.29, 1.82) is 0 Å². The van der Waals surface area contributed by atoms with E-state index in [4.69, 9.17) is 5.11 Å². The van der Waals surface area contributed by atoms with Crippen LogP contribution < -0.4 is 0 Å². The van der Waals surface area contributed by atoms with Crippen LogP contribution in [0, 0.1) is 5.41 Å². The molecule has 0 saturated heterocycles. The summed E-state index contributed by atoms with van der Waals surface area (Å²) in [6.07, 6.45) is 17.7. The van der Waals surface area contributed by atoms with E-state index in [-0.39, 0.29) is 0 Å². The van der Waals surface area contributed by atoms with Gasteiger partial charge in [-0.05, 0) is 18.3 Å². The minimum atomic E-state index is 0.370. The van der Waals surface area contributed by atoms with E-state index in [0.29, 0.717) is 12.0 Å². The molecule has 0 atom stereocenters. The fourth-order valence-corrected chi connectivity index (χ4v) is 2.53. The molecule has 0 heterocycles. The van der Waals surface area contributed by atoms with Crippen molar-refractivity contribution in [3.63, 3.8) is 0 Å². The van der Waals surface area contributed by atoms with Crippen molar-refractivity contribution in [1.82, 2.24) is 0 Å². The zero-order valence-electron chi connectivity index (χ0n) is 13.8. The molecule has 1 heteroatoms. The van der Waals surface area contributed by atoms with Gasteiger partial charge in [-0.1, -0.05) is 91.4 Å². The lowest BCUT2D eigenvalue weighted by Gasteiger charge is -2.17. The van der Waals surface area contributed by atoms with Gasteiger partial charge in [0.25, 0.3) is 0 Å². The average Bonchev–Trinajstić information content (AvgIpc) is 2.34. The maximum absolute atomic E-state index is 8.67. The monoisotopic (exact) mass is 270 g/mol. The average molecular weight is 271 g/mol. The highest BCUT2D eigenvalue weighted by Crippen LogP contribution is 2.22. The highest BCUT2D eigenvalue weighted by molar-refractivity contribution is 4.61. The topological polar surface area (TPSA) is 20.2 Å². The molecule has 0 spiro atoms. The van der Waals surface area contributed by atoms with Crippen LogP contribution in [0.1, 0.15) is 104 Å². The zero-order chi connectivity index (χ0) is 14.4. The number of aliphatic hydroxyl groups is 1. The molecule has 0 aliphatic carbocycles. The Hall–Kier alpha value is -0.0400. The van der Waals surface area contributed by atoms with E-state index < -0.39 is 0 Å². The van der Waals surface area contributed by atoms with E-state index in [1.54, 1.807) is 0 Å². The van der Waals surface area contributed by atoms with Crippen LogP contribution in [-0.4, -0.2) is 11.7 Å². The van der Waals surface area contributed by atoms with E-state index in [0.717, 1.165) is 6.42 Å². The van der Waals surface area contributed by atoms with Gasteiger partial charge in [-0.3, -0.25) is 0 Å². The first kappa shape index (κ1) is 19.0. The van der Waals surface area contributed by atoms with Gasteiger partial charge in [0.05, 0.1) is 0 Å². The Morgan fingerprint density at radius 3 is 1.16 bits per heavy atom. The van der Waals surface area contributed by atoms with Crippen molar-refractivity contribution in [2.75, 3.05) is 6.61 Å². The first-order chi connectivity index (χ1) is 9.06. The molecule has 19 heavy (non-hydrogen) atoms. The summed E-state index contributed by atoms with van der Waals surface area (Å²) in [5.74, 6) is 0. The highest BCUT2D eigenvalue weighted by atomic mass is 16.2. The minimum Gasteiger partial charge on any atom is -0.396 e. The van der Waals surface area contributed by atoms with Gasteiger partial charge < -0.3 is 5.11 Å². The Kier molecular flexibility index (Phi) is 12.9. The SMILES string of the molecule is CC(C)(C)CCCCCCCCCCCCCCO. The maximum Gasteiger partial charge on any atom is 0.0431 e. The van der Waals surface area contributed by atoms with Gasteiger partial charge in [0, 0.05) is 6.61 Å². The molecule has 0 fully saturated rings. The molecule has 0 aliphatic heterocycles. The molecule has 0 aromatic rings. The summed E-state index contributed by atoms with van der Waals surface area (Å²) in [6.45, 7) is 7.39. The summed E-state index contributed by atoms with van der Waals surface area (Å²) in [5, 5.41) is 8.67. The second-order valence-electron chi connectivity index (χ2n) is 7.28. The van der Waals surface area contributed by atoms with Crippen molar-refractivity contribution in [3.8, 4) is 0 Å². The quantitative estimate of drug-likeness (QED) is 0.401. The van der Waals surface area contributed by atoms with Crippen LogP contribution in [0.15, 0.2) is 0 Å². The molecule has 0 rings (SSSR count). The van der Waals surface area contributed by atoms with Crippen molar-refractivity contribution in [2.24, 2.45) is 5.41 Å². The van der Waals surface area contributed by atoms with Crippen molar-refractivity contribution in [2.45, 2.75) is 104 Å². The van der Waals surface area contributed by atoms with Crippen LogP contribution in [0.3, 0.4) is 0 Å². The van der Waals surface area contributed by atoms with E-state index in [1.165, 1.54) is 77.0 Å². The summed E-state index contributed by atoms with van der Waals surface area (Å²) in [4.78, 5) is 0. The Balaban J connectivity index is 2.99. The molecule has 0 amide bonds. The van der Waals surface area contributed by atoms with Gasteiger partial charge in [-0.25, -0.2) is 0 Å². The summed E-state index contributed by atoms with van der Waals surface area (Å²) < 4.78 is 0. The molecule has 0 bridgehead atoms. The molecule has 1 nitrogen and oxygen atoms in total. The first-order valence-corrected chi connectivity index (χ1v) is 8.67. The standard InChI is InChI=1S/C18H38O/c1-18(2,3)16-14-12-10-8-6-4-5-7-9-11-13-15-17-19/h19H,4-17H2,1-3H3. The number of hydrogen-bond donors (Lipinski definition) is 1. The predicted molar refractivity (Wildman–Crippen MR) is 86.6 cm³/mol. The lowest BCUT2D eigenvalue weighted by molar-refractivity contribution is 0.282. The van der Waals surface area contributed by atoms with Crippen molar-refractivity contribution < 1.29 is 5.11 Å². The lowest BCUT2D eigenvalue weighted by Crippen LogP contribution is -2.03. The van der Waals surface area contributed by atoms with Gasteiger partial charge in [0.2, 0.25) is 0 Å². The third kappa shape index (κ3) is 18.0. The normalized spacial score (nSPS) is 12.0. The Morgan fingerprint density at radius 2 is 0.842 bits per heavy atom. The van der Waals surface area contributed by atoms with Gasteiger partial charge in [-0.15, -0.1) is 0 Å². The Labute approximate surface area is 122 Å². The molecular weight excluding hydrogens is 232 g/mol. The number of rotatable bonds is 13. The zero-order valence-corrected chi connectivity index (χ0v) is 13.8. The molecule has 0 aliphatic rings. The van der Waals surface area contributed by atoms with Crippen LogP contribution in [-0.2, 0) is 0 Å². The van der Waals surface area contributed by atoms with Crippen LogP contribution in [0.25, 0.3) is 0 Å². The van der Waals surface area contributed by atoms with Gasteiger partial charge in [0.1, 0.15) is 0 Å². The van der Waals surface area contributed by atoms with Crippen LogP contribution >= 0.6 is 0 Å². The van der Waals surface area contributed by atoms with Gasteiger partial charge >= 0.3 is 0 Å². The Morgan fingerprint density at radius 1 is 0.526 bits per heavy atom. The molecule has 116 valence electrons. The Bertz CT molecular complexity index is 169. The largest absolute Gasteiger partial charge is 0.396 e. The molecule has 0 saturated carbocycles. The van der Waals surface area contributed by atoms with Crippen LogP contribution in [0.5, 0.6) is 0 Å². The van der Waals surface area contributed by atoms with E-state index >= 15 is 0 Å². The number of aliphatic hydroxyl groups excluding tert-OH is 1. The van der Waals surface area contributed by atoms with Gasteiger partial charge in [0.15, 0.2) is 0 Å². The molecular formula is C18H38O. The van der Waals surface area contributed by atoms with Crippen LogP contribution in [0.2, 0.25) is 0 Å². The molecule has 0 aromatic carbocycles. The maximum atomic E-state index is 8.67.